The number of hydrogen-bond donors (Lipinski definition) is 0. The van der Waals surface area contributed by atoms with Crippen LogP contribution < -0.4 is 4.90 Å². The van der Waals surface area contributed by atoms with E-state index in [-0.39, 0.29) is 11.5 Å². The first-order chi connectivity index (χ1) is 14.9. The number of pyridine rings is 1. The summed E-state index contributed by atoms with van der Waals surface area (Å²) in [6.45, 7) is 0.869. The summed E-state index contributed by atoms with van der Waals surface area (Å²) < 4.78 is 47.6. The summed E-state index contributed by atoms with van der Waals surface area (Å²) in [6, 6.07) is 5.89. The first-order valence-electron chi connectivity index (χ1n) is 10.2. The molecule has 0 bridgehead atoms. The topological polar surface area (TPSA) is 69.5 Å². The van der Waals surface area contributed by atoms with Gasteiger partial charge in [0.05, 0.1) is 12.2 Å². The van der Waals surface area contributed by atoms with Crippen LogP contribution in [-0.4, -0.2) is 40.7 Å². The van der Waals surface area contributed by atoms with E-state index in [1.165, 1.54) is 24.4 Å². The Balaban J connectivity index is 1.33. The molecule has 2 aromatic rings. The molecule has 0 N–H and O–H groups in total. The average Bonchev–Trinajstić information content (AvgIpc) is 3.26. The van der Waals surface area contributed by atoms with Crippen LogP contribution in [0.5, 0.6) is 0 Å². The lowest BCUT2D eigenvalue weighted by Crippen LogP contribution is -2.50. The molecular weight excluding hydrogens is 409 g/mol. The molecule has 1 amide bonds. The van der Waals surface area contributed by atoms with Gasteiger partial charge < -0.3 is 14.5 Å². The fraction of sp³-hybridized carbons (Fsp3) is 0.409. The molecule has 4 heterocycles. The molecule has 0 unspecified atom stereocenters. The van der Waals surface area contributed by atoms with Gasteiger partial charge >= 0.3 is 0 Å². The molecule has 0 radical (unpaired) electrons. The molecule has 3 aliphatic heterocycles. The van der Waals surface area contributed by atoms with Crippen molar-refractivity contribution in [2.24, 2.45) is 0 Å². The van der Waals surface area contributed by atoms with E-state index < -0.39 is 35.3 Å². The van der Waals surface area contributed by atoms with Crippen molar-refractivity contribution < 1.29 is 22.7 Å². The van der Waals surface area contributed by atoms with E-state index in [2.05, 4.69) is 4.98 Å². The van der Waals surface area contributed by atoms with Crippen LogP contribution >= 0.6 is 0 Å². The molecule has 1 spiro atoms. The van der Waals surface area contributed by atoms with E-state index >= 15 is 0 Å². The van der Waals surface area contributed by atoms with Crippen LogP contribution in [0, 0.1) is 28.8 Å². The van der Waals surface area contributed by atoms with Crippen molar-refractivity contribution in [3.05, 3.63) is 59.0 Å². The van der Waals surface area contributed by atoms with Crippen LogP contribution in [0.1, 0.15) is 42.9 Å². The maximum absolute atomic E-state index is 14.0. The standard InChI is InChI=1S/C22H19F3N4O2/c23-15-7-13(8-16(24)9-15)18-1-2-20-29(18)21(30)22(31-20)3-5-28(6-4-22)19-10-17(25)14(11-26)12-27-19/h7-10,12,18,20H,1-6H2/t18-,20+/m0/s1. The highest BCUT2D eigenvalue weighted by atomic mass is 19.1. The largest absolute Gasteiger partial charge is 0.356 e. The minimum atomic E-state index is -0.989. The highest BCUT2D eigenvalue weighted by Gasteiger charge is 2.58. The minimum Gasteiger partial charge on any atom is -0.356 e. The zero-order chi connectivity index (χ0) is 21.8. The number of nitrogens with zero attached hydrogens (tertiary/aromatic N) is 4. The predicted molar refractivity (Wildman–Crippen MR) is 103 cm³/mol. The summed E-state index contributed by atoms with van der Waals surface area (Å²) in [7, 11) is 0. The van der Waals surface area contributed by atoms with Crippen molar-refractivity contribution in [3.63, 3.8) is 0 Å². The Morgan fingerprint density at radius 3 is 2.45 bits per heavy atom. The molecule has 160 valence electrons. The van der Waals surface area contributed by atoms with Crippen LogP contribution in [0.2, 0.25) is 0 Å². The molecule has 3 fully saturated rings. The normalized spacial score (nSPS) is 24.5. The van der Waals surface area contributed by atoms with Crippen molar-refractivity contribution in [1.82, 2.24) is 9.88 Å². The Hall–Kier alpha value is -3.12. The van der Waals surface area contributed by atoms with E-state index in [0.29, 0.717) is 50.2 Å². The lowest BCUT2D eigenvalue weighted by atomic mass is 9.89. The quantitative estimate of drug-likeness (QED) is 0.733. The molecule has 9 heteroatoms. The number of carbonyl (C=O) groups excluding carboxylic acids is 1. The van der Waals surface area contributed by atoms with Gasteiger partial charge in [-0.3, -0.25) is 4.79 Å². The van der Waals surface area contributed by atoms with E-state index in [1.54, 1.807) is 11.0 Å². The maximum atomic E-state index is 14.0. The second kappa shape index (κ2) is 7.24. The number of carbonyl (C=O) groups is 1. The summed E-state index contributed by atoms with van der Waals surface area (Å²) in [5.74, 6) is -1.73. The van der Waals surface area contributed by atoms with Crippen molar-refractivity contribution in [2.45, 2.75) is 43.6 Å². The lowest BCUT2D eigenvalue weighted by molar-refractivity contribution is -0.140. The van der Waals surface area contributed by atoms with Gasteiger partial charge in [0.15, 0.2) is 5.60 Å². The lowest BCUT2D eigenvalue weighted by Gasteiger charge is -2.38. The third-order valence-electron chi connectivity index (χ3n) is 6.44. The number of halogens is 3. The predicted octanol–water partition coefficient (Wildman–Crippen LogP) is 3.43. The summed E-state index contributed by atoms with van der Waals surface area (Å²) in [4.78, 5) is 21.0. The van der Waals surface area contributed by atoms with Crippen molar-refractivity contribution >= 4 is 11.7 Å². The number of benzene rings is 1. The van der Waals surface area contributed by atoms with Crippen LogP contribution in [0.15, 0.2) is 30.5 Å². The molecule has 3 saturated heterocycles. The summed E-state index contributed by atoms with van der Waals surface area (Å²) in [5.41, 5.74) is -0.674. The van der Waals surface area contributed by atoms with Crippen LogP contribution in [0.25, 0.3) is 0 Å². The number of fused-ring (bicyclic) bond motifs is 1. The number of amides is 1. The second-order valence-electron chi connectivity index (χ2n) is 8.20. The van der Waals surface area contributed by atoms with E-state index in [0.717, 1.165) is 6.07 Å². The fourth-order valence-corrected chi connectivity index (χ4v) is 4.91. The molecule has 31 heavy (non-hydrogen) atoms. The SMILES string of the molecule is N#Cc1cnc(N2CCC3(CC2)O[C@@H]2CC[C@@H](c4cc(F)cc(F)c4)N2C3=O)cc1F. The number of anilines is 1. The van der Waals surface area contributed by atoms with Crippen molar-refractivity contribution in [2.75, 3.05) is 18.0 Å². The Bertz CT molecular complexity index is 1070. The first-order valence-corrected chi connectivity index (χ1v) is 10.2. The van der Waals surface area contributed by atoms with E-state index in [1.807, 2.05) is 4.90 Å². The van der Waals surface area contributed by atoms with Crippen molar-refractivity contribution in [1.29, 1.82) is 5.26 Å². The average molecular weight is 428 g/mol. The summed E-state index contributed by atoms with van der Waals surface area (Å²) >= 11 is 0. The van der Waals surface area contributed by atoms with Gasteiger partial charge in [0.2, 0.25) is 0 Å². The van der Waals surface area contributed by atoms with E-state index in [9.17, 15) is 18.0 Å². The highest BCUT2D eigenvalue weighted by Crippen LogP contribution is 2.48. The van der Waals surface area contributed by atoms with Gasteiger partial charge in [-0.2, -0.15) is 5.26 Å². The van der Waals surface area contributed by atoms with Crippen LogP contribution in [0.4, 0.5) is 19.0 Å². The maximum Gasteiger partial charge on any atom is 0.257 e. The van der Waals surface area contributed by atoms with Gasteiger partial charge in [0.25, 0.3) is 5.91 Å². The monoisotopic (exact) mass is 428 g/mol. The molecule has 1 aromatic carbocycles. The van der Waals surface area contributed by atoms with Crippen LogP contribution in [0.3, 0.4) is 0 Å². The van der Waals surface area contributed by atoms with Gasteiger partial charge in [-0.05, 0) is 30.5 Å². The Morgan fingerprint density at radius 1 is 1.10 bits per heavy atom. The summed E-state index contributed by atoms with van der Waals surface area (Å²) in [6.07, 6.45) is 2.75. The smallest absolute Gasteiger partial charge is 0.257 e. The third kappa shape index (κ3) is 3.22. The molecule has 0 aliphatic carbocycles. The number of hydrogen-bond acceptors (Lipinski definition) is 5. The molecule has 2 atom stereocenters. The Kier molecular flexibility index (Phi) is 4.63. The van der Waals surface area contributed by atoms with Gasteiger partial charge in [0, 0.05) is 38.1 Å². The van der Waals surface area contributed by atoms with Gasteiger partial charge in [-0.15, -0.1) is 0 Å². The molecule has 6 nitrogen and oxygen atoms in total. The van der Waals surface area contributed by atoms with Crippen molar-refractivity contribution in [3.8, 4) is 6.07 Å². The van der Waals surface area contributed by atoms with Gasteiger partial charge in [-0.1, -0.05) is 0 Å². The minimum absolute atomic E-state index is 0.119. The highest BCUT2D eigenvalue weighted by molar-refractivity contribution is 5.88. The first kappa shape index (κ1) is 19.8. The number of nitriles is 1. The van der Waals surface area contributed by atoms with Crippen LogP contribution in [-0.2, 0) is 9.53 Å². The van der Waals surface area contributed by atoms with Gasteiger partial charge in [0.1, 0.15) is 41.1 Å². The zero-order valence-electron chi connectivity index (χ0n) is 16.5. The molecule has 1 aromatic heterocycles. The molecule has 3 aliphatic rings. The number of ether oxygens (including phenoxy) is 1. The third-order valence-corrected chi connectivity index (χ3v) is 6.44. The molecular formula is C22H19F3N4O2. The zero-order valence-corrected chi connectivity index (χ0v) is 16.5. The second-order valence-corrected chi connectivity index (χ2v) is 8.20. The fourth-order valence-electron chi connectivity index (χ4n) is 4.91. The van der Waals surface area contributed by atoms with E-state index in [4.69, 9.17) is 10.00 Å². The Morgan fingerprint density at radius 2 is 1.81 bits per heavy atom. The molecule has 0 saturated carbocycles. The number of rotatable bonds is 2. The number of piperidine rings is 1. The summed E-state index contributed by atoms with van der Waals surface area (Å²) in [5, 5.41) is 8.86. The molecule has 5 rings (SSSR count). The Labute approximate surface area is 176 Å². The number of aromatic nitrogens is 1. The van der Waals surface area contributed by atoms with Gasteiger partial charge in [-0.25, -0.2) is 18.2 Å².